The fraction of sp³-hybridized carbons (Fsp3) is 0.731. The number of carboxylic acid groups (broad SMARTS) is 1. The number of rotatable bonds is 3. The highest BCUT2D eigenvalue weighted by Gasteiger charge is 2.68. The normalized spacial score (nSPS) is 46.0. The van der Waals surface area contributed by atoms with Crippen LogP contribution in [0.15, 0.2) is 24.5 Å². The summed E-state index contributed by atoms with van der Waals surface area (Å²) in [5.74, 6) is 0.986. The highest BCUT2D eigenvalue weighted by atomic mass is 16.5. The number of hydrogen-bond acceptors (Lipinski definition) is 4. The molecule has 0 amide bonds. The summed E-state index contributed by atoms with van der Waals surface area (Å²) >= 11 is 0. The minimum Gasteiger partial charge on any atom is -0.481 e. The van der Waals surface area contributed by atoms with Crippen LogP contribution < -0.4 is 0 Å². The van der Waals surface area contributed by atoms with E-state index in [0.717, 1.165) is 31.1 Å². The van der Waals surface area contributed by atoms with Crippen molar-refractivity contribution in [3.8, 4) is 0 Å². The van der Waals surface area contributed by atoms with E-state index in [1.54, 1.807) is 24.5 Å². The summed E-state index contributed by atoms with van der Waals surface area (Å²) in [7, 11) is 0. The molecule has 4 fully saturated rings. The van der Waals surface area contributed by atoms with Gasteiger partial charge >= 0.3 is 11.9 Å². The average Bonchev–Trinajstić information content (AvgIpc) is 2.98. The minimum absolute atomic E-state index is 0.0287. The van der Waals surface area contributed by atoms with E-state index in [-0.39, 0.29) is 23.4 Å². The number of nitrogens with zero attached hydrogens (tertiary/aromatic N) is 1. The summed E-state index contributed by atoms with van der Waals surface area (Å²) < 4.78 is 6.23. The first-order valence-electron chi connectivity index (χ1n) is 12.0. The standard InChI is InChI=1S/C26H35NO4/c1-16-13-26-11-8-19-24(2,23(29)30)10-9-21(31-22(28)18-5-4-12-27-15-18)25(19,3)20(26)7-6-17(16)14-26/h4-5,12,15-17,19-21H,6-11,13-14H2,1-3H3,(H,29,30)/t16-,17-,19+,20-,21-,24+,25+,26+/m0/s1. The van der Waals surface area contributed by atoms with E-state index in [2.05, 4.69) is 18.8 Å². The zero-order chi connectivity index (χ0) is 22.0. The molecule has 1 heterocycles. The monoisotopic (exact) mass is 425 g/mol. The maximum Gasteiger partial charge on any atom is 0.339 e. The Hall–Kier alpha value is -1.91. The molecule has 0 radical (unpaired) electrons. The van der Waals surface area contributed by atoms with Gasteiger partial charge in [-0.15, -0.1) is 0 Å². The van der Waals surface area contributed by atoms with Crippen LogP contribution in [0, 0.1) is 39.9 Å². The van der Waals surface area contributed by atoms with Gasteiger partial charge in [0.05, 0.1) is 11.0 Å². The van der Waals surface area contributed by atoms with Crippen LogP contribution in [-0.4, -0.2) is 28.1 Å². The van der Waals surface area contributed by atoms with E-state index in [0.29, 0.717) is 29.7 Å². The highest BCUT2D eigenvalue weighted by molar-refractivity contribution is 5.89. The predicted octanol–water partition coefficient (Wildman–Crippen LogP) is 5.35. The summed E-state index contributed by atoms with van der Waals surface area (Å²) in [6.07, 6.45) is 11.1. The van der Waals surface area contributed by atoms with Crippen molar-refractivity contribution in [2.24, 2.45) is 39.9 Å². The molecular weight excluding hydrogens is 390 g/mol. The van der Waals surface area contributed by atoms with Gasteiger partial charge in [0.2, 0.25) is 0 Å². The summed E-state index contributed by atoms with van der Waals surface area (Å²) in [6, 6.07) is 3.49. The molecular formula is C26H35NO4. The van der Waals surface area contributed by atoms with Crippen molar-refractivity contribution in [3.05, 3.63) is 30.1 Å². The van der Waals surface area contributed by atoms with E-state index < -0.39 is 11.4 Å². The lowest BCUT2D eigenvalue weighted by atomic mass is 9.40. The number of esters is 1. The van der Waals surface area contributed by atoms with Crippen LogP contribution in [-0.2, 0) is 9.53 Å². The lowest BCUT2D eigenvalue weighted by Gasteiger charge is -2.65. The Balaban J connectivity index is 1.54. The van der Waals surface area contributed by atoms with E-state index in [4.69, 9.17) is 4.74 Å². The van der Waals surface area contributed by atoms with Gasteiger partial charge in [0.15, 0.2) is 0 Å². The van der Waals surface area contributed by atoms with Gasteiger partial charge in [-0.05, 0) is 99.5 Å². The van der Waals surface area contributed by atoms with Gasteiger partial charge < -0.3 is 9.84 Å². The lowest BCUT2D eigenvalue weighted by Crippen LogP contribution is -2.64. The number of fused-ring (bicyclic) bond motifs is 3. The van der Waals surface area contributed by atoms with Crippen LogP contribution in [0.5, 0.6) is 0 Å². The molecule has 0 aliphatic heterocycles. The molecule has 1 N–H and O–H groups in total. The average molecular weight is 426 g/mol. The number of aliphatic carboxylic acids is 1. The third-order valence-electron chi connectivity index (χ3n) is 10.2. The van der Waals surface area contributed by atoms with Gasteiger partial charge in [0.25, 0.3) is 0 Å². The quantitative estimate of drug-likeness (QED) is 0.661. The van der Waals surface area contributed by atoms with Gasteiger partial charge in [-0.1, -0.05) is 13.8 Å². The summed E-state index contributed by atoms with van der Waals surface area (Å²) in [4.78, 5) is 29.6. The zero-order valence-corrected chi connectivity index (χ0v) is 19.0. The molecule has 168 valence electrons. The fourth-order valence-corrected chi connectivity index (χ4v) is 8.80. The Bertz CT molecular complexity index is 883. The number of ether oxygens (including phenoxy) is 1. The molecule has 5 nitrogen and oxygen atoms in total. The van der Waals surface area contributed by atoms with E-state index in [9.17, 15) is 14.7 Å². The molecule has 2 bridgehead atoms. The molecule has 4 aliphatic rings. The first kappa shape index (κ1) is 21.0. The van der Waals surface area contributed by atoms with Gasteiger partial charge in [0, 0.05) is 17.8 Å². The molecule has 8 atom stereocenters. The summed E-state index contributed by atoms with van der Waals surface area (Å²) in [6.45, 7) is 6.62. The molecule has 0 aromatic carbocycles. The maximum atomic E-state index is 13.0. The molecule has 5 rings (SSSR count). The Labute approximate surface area is 185 Å². The second-order valence-electron chi connectivity index (χ2n) is 11.5. The van der Waals surface area contributed by atoms with Crippen LogP contribution in [0.1, 0.15) is 82.5 Å². The lowest BCUT2D eigenvalue weighted by molar-refractivity contribution is -0.211. The highest BCUT2D eigenvalue weighted by Crippen LogP contribution is 2.72. The third kappa shape index (κ3) is 2.91. The molecule has 1 aromatic rings. The van der Waals surface area contributed by atoms with Crippen molar-refractivity contribution >= 4 is 11.9 Å². The van der Waals surface area contributed by atoms with Crippen LogP contribution in [0.3, 0.4) is 0 Å². The molecule has 1 aromatic heterocycles. The van der Waals surface area contributed by atoms with Crippen LogP contribution >= 0.6 is 0 Å². The van der Waals surface area contributed by atoms with Gasteiger partial charge in [-0.3, -0.25) is 9.78 Å². The maximum absolute atomic E-state index is 13.0. The Kier molecular flexibility index (Phi) is 4.76. The predicted molar refractivity (Wildman–Crippen MR) is 116 cm³/mol. The van der Waals surface area contributed by atoms with Crippen molar-refractivity contribution in [2.75, 3.05) is 0 Å². The van der Waals surface area contributed by atoms with E-state index in [1.807, 2.05) is 6.92 Å². The van der Waals surface area contributed by atoms with Crippen molar-refractivity contribution in [1.29, 1.82) is 0 Å². The van der Waals surface area contributed by atoms with Crippen LogP contribution in [0.25, 0.3) is 0 Å². The third-order valence-corrected chi connectivity index (χ3v) is 10.2. The Morgan fingerprint density at radius 2 is 1.90 bits per heavy atom. The number of carbonyl (C=O) groups excluding carboxylic acids is 1. The first-order chi connectivity index (χ1) is 14.7. The molecule has 4 aliphatic carbocycles. The van der Waals surface area contributed by atoms with Crippen LogP contribution in [0.4, 0.5) is 0 Å². The molecule has 31 heavy (non-hydrogen) atoms. The minimum atomic E-state index is -0.755. The number of aromatic nitrogens is 1. The van der Waals surface area contributed by atoms with Gasteiger partial charge in [0.1, 0.15) is 6.10 Å². The van der Waals surface area contributed by atoms with Crippen molar-refractivity contribution < 1.29 is 19.4 Å². The molecule has 4 saturated carbocycles. The Morgan fingerprint density at radius 3 is 2.61 bits per heavy atom. The van der Waals surface area contributed by atoms with Crippen molar-refractivity contribution in [2.45, 2.75) is 78.2 Å². The molecule has 1 spiro atoms. The number of pyridine rings is 1. The van der Waals surface area contributed by atoms with E-state index in [1.165, 1.54) is 19.3 Å². The largest absolute Gasteiger partial charge is 0.481 e. The zero-order valence-electron chi connectivity index (χ0n) is 19.0. The second-order valence-corrected chi connectivity index (χ2v) is 11.5. The van der Waals surface area contributed by atoms with Gasteiger partial charge in [-0.2, -0.15) is 0 Å². The smallest absolute Gasteiger partial charge is 0.339 e. The number of carboxylic acids is 1. The van der Waals surface area contributed by atoms with E-state index >= 15 is 0 Å². The summed E-state index contributed by atoms with van der Waals surface area (Å²) in [5, 5.41) is 10.2. The number of hydrogen-bond donors (Lipinski definition) is 1. The SMILES string of the molecule is C[C@H]1C[C@@]23CC[C@H]4[C@@](C)([C@@H](OC(=O)c5cccnc5)CC[C@@]4(C)C(=O)O)[C@@H]2CC[C@H]1C3. The summed E-state index contributed by atoms with van der Waals surface area (Å²) in [5.41, 5.74) is -0.299. The Morgan fingerprint density at radius 1 is 1.10 bits per heavy atom. The van der Waals surface area contributed by atoms with Crippen LogP contribution in [0.2, 0.25) is 0 Å². The first-order valence-corrected chi connectivity index (χ1v) is 12.0. The van der Waals surface area contributed by atoms with Crippen molar-refractivity contribution in [1.82, 2.24) is 4.98 Å². The second kappa shape index (κ2) is 7.05. The number of carbonyl (C=O) groups is 2. The molecule has 0 saturated heterocycles. The molecule has 0 unspecified atom stereocenters. The topological polar surface area (TPSA) is 76.5 Å². The van der Waals surface area contributed by atoms with Gasteiger partial charge in [-0.25, -0.2) is 4.79 Å². The fourth-order valence-electron chi connectivity index (χ4n) is 8.80. The van der Waals surface area contributed by atoms with Crippen molar-refractivity contribution in [3.63, 3.8) is 0 Å². The molecule has 5 heteroatoms.